The molecule has 2 aromatic rings. The van der Waals surface area contributed by atoms with E-state index in [-0.39, 0.29) is 16.3 Å². The predicted molar refractivity (Wildman–Crippen MR) is 75.9 cm³/mol. The Morgan fingerprint density at radius 2 is 1.71 bits per heavy atom. The second-order valence-electron chi connectivity index (χ2n) is 4.65. The number of halogens is 2. The molecule has 2 rings (SSSR count). The summed E-state index contributed by atoms with van der Waals surface area (Å²) in [5.74, 6) is 0.199. The number of anilines is 1. The molecule has 4 nitrogen and oxygen atoms in total. The van der Waals surface area contributed by atoms with E-state index in [1.54, 1.807) is 13.0 Å². The highest BCUT2D eigenvalue weighted by atomic mass is 32.2. The fourth-order valence-electron chi connectivity index (χ4n) is 1.88. The zero-order valence-corrected chi connectivity index (χ0v) is 12.3. The third kappa shape index (κ3) is 3.75. The molecule has 21 heavy (non-hydrogen) atoms. The molecule has 0 radical (unpaired) electrons. The number of rotatable bonds is 4. The summed E-state index contributed by atoms with van der Waals surface area (Å²) in [6, 6.07) is 7.88. The second-order valence-corrected chi connectivity index (χ2v) is 6.33. The SMILES string of the molecule is Cc1cc(C)nc(NS(=O)(=O)c2ccc(C(F)F)cc2)c1. The van der Waals surface area contributed by atoms with Gasteiger partial charge in [0.15, 0.2) is 0 Å². The Labute approximate surface area is 121 Å². The van der Waals surface area contributed by atoms with E-state index in [2.05, 4.69) is 9.71 Å². The summed E-state index contributed by atoms with van der Waals surface area (Å²) in [5.41, 5.74) is 1.33. The summed E-state index contributed by atoms with van der Waals surface area (Å²) >= 11 is 0. The zero-order valence-electron chi connectivity index (χ0n) is 11.5. The van der Waals surface area contributed by atoms with Crippen molar-refractivity contribution in [3.63, 3.8) is 0 Å². The van der Waals surface area contributed by atoms with Crippen LogP contribution in [0, 0.1) is 13.8 Å². The van der Waals surface area contributed by atoms with Crippen LogP contribution < -0.4 is 4.72 Å². The molecule has 0 saturated carbocycles. The molecule has 0 aliphatic carbocycles. The maximum absolute atomic E-state index is 12.5. The average molecular weight is 312 g/mol. The molecule has 0 spiro atoms. The first-order chi connectivity index (χ1) is 9.78. The number of hydrogen-bond donors (Lipinski definition) is 1. The highest BCUT2D eigenvalue weighted by Crippen LogP contribution is 2.21. The predicted octanol–water partition coefficient (Wildman–Crippen LogP) is 3.44. The summed E-state index contributed by atoms with van der Waals surface area (Å²) < 4.78 is 51.6. The molecule has 0 aliphatic rings. The van der Waals surface area contributed by atoms with Gasteiger partial charge in [0.2, 0.25) is 0 Å². The quantitative estimate of drug-likeness (QED) is 0.941. The van der Waals surface area contributed by atoms with Crippen molar-refractivity contribution in [2.45, 2.75) is 25.2 Å². The Kier molecular flexibility index (Phi) is 4.22. The Morgan fingerprint density at radius 1 is 1.10 bits per heavy atom. The number of pyridine rings is 1. The minimum Gasteiger partial charge on any atom is -0.263 e. The lowest BCUT2D eigenvalue weighted by atomic mass is 10.2. The van der Waals surface area contributed by atoms with Gasteiger partial charge in [-0.2, -0.15) is 0 Å². The Balaban J connectivity index is 2.29. The van der Waals surface area contributed by atoms with Crippen LogP contribution in [0.1, 0.15) is 23.2 Å². The number of nitrogens with one attached hydrogen (secondary N) is 1. The lowest BCUT2D eigenvalue weighted by molar-refractivity contribution is 0.151. The minimum absolute atomic E-state index is 0.0899. The maximum Gasteiger partial charge on any atom is 0.263 e. The Bertz CT molecular complexity index is 724. The molecule has 7 heteroatoms. The van der Waals surface area contributed by atoms with E-state index in [0.29, 0.717) is 5.69 Å². The van der Waals surface area contributed by atoms with Crippen LogP contribution in [0.5, 0.6) is 0 Å². The van der Waals surface area contributed by atoms with Gasteiger partial charge in [-0.15, -0.1) is 0 Å². The fraction of sp³-hybridized carbons (Fsp3) is 0.214. The molecular weight excluding hydrogens is 298 g/mol. The Morgan fingerprint density at radius 3 is 2.24 bits per heavy atom. The van der Waals surface area contributed by atoms with Gasteiger partial charge in [-0.25, -0.2) is 22.2 Å². The van der Waals surface area contributed by atoms with E-state index in [9.17, 15) is 17.2 Å². The third-order valence-electron chi connectivity index (χ3n) is 2.78. The standard InChI is InChI=1S/C14H14F2N2O2S/c1-9-7-10(2)17-13(8-9)18-21(19,20)12-5-3-11(4-6-12)14(15)16/h3-8,14H,1-2H3,(H,17,18). The van der Waals surface area contributed by atoms with Gasteiger partial charge in [0.25, 0.3) is 16.4 Å². The van der Waals surface area contributed by atoms with Crippen molar-refractivity contribution in [1.82, 2.24) is 4.98 Å². The molecule has 0 fully saturated rings. The van der Waals surface area contributed by atoms with Crippen LogP contribution >= 0.6 is 0 Å². The van der Waals surface area contributed by atoms with Crippen molar-refractivity contribution in [3.8, 4) is 0 Å². The van der Waals surface area contributed by atoms with Crippen molar-refractivity contribution in [1.29, 1.82) is 0 Å². The van der Waals surface area contributed by atoms with Gasteiger partial charge in [-0.05, 0) is 43.7 Å². The van der Waals surface area contributed by atoms with Gasteiger partial charge in [-0.1, -0.05) is 12.1 Å². The first kappa shape index (κ1) is 15.4. The largest absolute Gasteiger partial charge is 0.263 e. The Hall–Kier alpha value is -2.02. The fourth-order valence-corrected chi connectivity index (χ4v) is 2.87. The van der Waals surface area contributed by atoms with Crippen molar-refractivity contribution >= 4 is 15.8 Å². The molecule has 1 aromatic carbocycles. The van der Waals surface area contributed by atoms with Crippen LogP contribution in [-0.2, 0) is 10.0 Å². The van der Waals surface area contributed by atoms with Gasteiger partial charge >= 0.3 is 0 Å². The topological polar surface area (TPSA) is 59.1 Å². The van der Waals surface area contributed by atoms with Crippen molar-refractivity contribution < 1.29 is 17.2 Å². The molecule has 0 atom stereocenters. The third-order valence-corrected chi connectivity index (χ3v) is 4.15. The zero-order chi connectivity index (χ0) is 15.6. The van der Waals surface area contributed by atoms with Crippen LogP contribution in [0.3, 0.4) is 0 Å². The highest BCUT2D eigenvalue weighted by molar-refractivity contribution is 7.92. The first-order valence-corrected chi connectivity index (χ1v) is 7.62. The lowest BCUT2D eigenvalue weighted by Gasteiger charge is -2.09. The van der Waals surface area contributed by atoms with E-state index in [4.69, 9.17) is 0 Å². The molecule has 0 unspecified atom stereocenters. The maximum atomic E-state index is 12.5. The smallest absolute Gasteiger partial charge is 0.263 e. The molecule has 0 aliphatic heterocycles. The molecular formula is C14H14F2N2O2S. The van der Waals surface area contributed by atoms with Gasteiger partial charge in [0.1, 0.15) is 5.82 Å². The highest BCUT2D eigenvalue weighted by Gasteiger charge is 2.16. The number of aromatic nitrogens is 1. The van der Waals surface area contributed by atoms with Gasteiger partial charge in [0.05, 0.1) is 4.90 Å². The van der Waals surface area contributed by atoms with Gasteiger partial charge < -0.3 is 0 Å². The molecule has 1 heterocycles. The number of aryl methyl sites for hydroxylation is 2. The van der Waals surface area contributed by atoms with Crippen molar-refractivity contribution in [3.05, 3.63) is 53.2 Å². The molecule has 1 aromatic heterocycles. The molecule has 0 bridgehead atoms. The average Bonchev–Trinajstić information content (AvgIpc) is 2.37. The van der Waals surface area contributed by atoms with E-state index in [0.717, 1.165) is 29.8 Å². The lowest BCUT2D eigenvalue weighted by Crippen LogP contribution is -2.14. The molecule has 112 valence electrons. The monoisotopic (exact) mass is 312 g/mol. The number of sulfonamides is 1. The first-order valence-electron chi connectivity index (χ1n) is 6.14. The molecule has 0 amide bonds. The molecule has 1 N–H and O–H groups in total. The molecule has 0 saturated heterocycles. The van der Waals surface area contributed by atoms with E-state index >= 15 is 0 Å². The second kappa shape index (κ2) is 5.77. The summed E-state index contributed by atoms with van der Waals surface area (Å²) in [4.78, 5) is 3.99. The summed E-state index contributed by atoms with van der Waals surface area (Å²) in [6.45, 7) is 3.58. The summed E-state index contributed by atoms with van der Waals surface area (Å²) in [6.07, 6.45) is -2.63. The van der Waals surface area contributed by atoms with Gasteiger partial charge in [-0.3, -0.25) is 4.72 Å². The minimum atomic E-state index is -3.85. The number of alkyl halides is 2. The van der Waals surface area contributed by atoms with Gasteiger partial charge in [0, 0.05) is 11.3 Å². The van der Waals surface area contributed by atoms with Crippen LogP contribution in [0.25, 0.3) is 0 Å². The number of nitrogens with zero attached hydrogens (tertiary/aromatic N) is 1. The summed E-state index contributed by atoms with van der Waals surface area (Å²) in [5, 5.41) is 0. The number of hydrogen-bond acceptors (Lipinski definition) is 3. The van der Waals surface area contributed by atoms with Crippen LogP contribution in [-0.4, -0.2) is 13.4 Å². The van der Waals surface area contributed by atoms with Crippen LogP contribution in [0.15, 0.2) is 41.3 Å². The van der Waals surface area contributed by atoms with E-state index in [1.165, 1.54) is 0 Å². The van der Waals surface area contributed by atoms with Crippen molar-refractivity contribution in [2.75, 3.05) is 4.72 Å². The van der Waals surface area contributed by atoms with Crippen LogP contribution in [0.2, 0.25) is 0 Å². The van der Waals surface area contributed by atoms with E-state index in [1.807, 2.05) is 13.0 Å². The van der Waals surface area contributed by atoms with E-state index < -0.39 is 16.4 Å². The van der Waals surface area contributed by atoms with Crippen molar-refractivity contribution in [2.24, 2.45) is 0 Å². The normalized spacial score (nSPS) is 11.7. The van der Waals surface area contributed by atoms with Crippen LogP contribution in [0.4, 0.5) is 14.6 Å². The number of benzene rings is 1. The summed E-state index contributed by atoms with van der Waals surface area (Å²) in [7, 11) is -3.85.